The molecule has 2 saturated heterocycles. The van der Waals surface area contributed by atoms with Crippen LogP contribution < -0.4 is 5.32 Å². The van der Waals surface area contributed by atoms with Crippen molar-refractivity contribution >= 4 is 5.97 Å². The minimum Gasteiger partial charge on any atom is -0.469 e. The first-order chi connectivity index (χ1) is 6.66. The molecular formula is C10H17NO3. The molecule has 3 fully saturated rings. The van der Waals surface area contributed by atoms with Crippen LogP contribution in [0.15, 0.2) is 0 Å². The molecule has 1 saturated carbocycles. The first-order valence-corrected chi connectivity index (χ1v) is 5.11. The van der Waals surface area contributed by atoms with Crippen LogP contribution in [0.1, 0.15) is 25.7 Å². The van der Waals surface area contributed by atoms with E-state index in [0.717, 1.165) is 25.7 Å². The number of aliphatic hydroxyl groups excluding tert-OH is 1. The molecule has 0 aromatic heterocycles. The smallest absolute Gasteiger partial charge is 0.313 e. The average molecular weight is 199 g/mol. The second-order valence-corrected chi connectivity index (χ2v) is 4.56. The van der Waals surface area contributed by atoms with Crippen molar-refractivity contribution in [2.45, 2.75) is 31.2 Å². The van der Waals surface area contributed by atoms with E-state index in [-0.39, 0.29) is 23.5 Å². The van der Waals surface area contributed by atoms with Gasteiger partial charge in [0.15, 0.2) is 0 Å². The summed E-state index contributed by atoms with van der Waals surface area (Å²) >= 11 is 0. The molecule has 0 spiro atoms. The molecule has 0 aromatic carbocycles. The number of carbonyl (C=O) groups excluding carboxylic acids is 1. The van der Waals surface area contributed by atoms with Gasteiger partial charge in [-0.2, -0.15) is 0 Å². The summed E-state index contributed by atoms with van der Waals surface area (Å²) < 4.78 is 4.83. The molecule has 0 amide bonds. The van der Waals surface area contributed by atoms with Gasteiger partial charge in [-0.25, -0.2) is 0 Å². The number of methoxy groups -OCH3 is 1. The van der Waals surface area contributed by atoms with Crippen molar-refractivity contribution in [1.82, 2.24) is 5.32 Å². The zero-order valence-electron chi connectivity index (χ0n) is 8.51. The molecule has 0 atom stereocenters. The fourth-order valence-corrected chi connectivity index (χ4v) is 2.62. The van der Waals surface area contributed by atoms with E-state index in [4.69, 9.17) is 4.74 Å². The summed E-state index contributed by atoms with van der Waals surface area (Å²) in [5.41, 5.74) is -0.429. The van der Waals surface area contributed by atoms with Gasteiger partial charge in [0.25, 0.3) is 0 Å². The molecular weight excluding hydrogens is 182 g/mol. The van der Waals surface area contributed by atoms with Gasteiger partial charge in [-0.15, -0.1) is 0 Å². The van der Waals surface area contributed by atoms with Gasteiger partial charge in [-0.3, -0.25) is 4.79 Å². The molecule has 4 heteroatoms. The monoisotopic (exact) mass is 199 g/mol. The van der Waals surface area contributed by atoms with Gasteiger partial charge in [0.1, 0.15) is 0 Å². The van der Waals surface area contributed by atoms with Crippen molar-refractivity contribution in [3.8, 4) is 0 Å². The van der Waals surface area contributed by atoms with Gasteiger partial charge in [0.05, 0.1) is 19.1 Å². The predicted molar refractivity (Wildman–Crippen MR) is 50.7 cm³/mol. The standard InChI is InChI=1S/C10H17NO3/c1-14-8(13)9-2-4-10(7-12,5-3-9)11-6-9/h11-12H,2-7H2,1H3. The van der Waals surface area contributed by atoms with Crippen LogP contribution in [0.5, 0.6) is 0 Å². The predicted octanol–water partition coefficient (Wildman–Crippen LogP) is 0.0541. The molecule has 2 heterocycles. The quantitative estimate of drug-likeness (QED) is 0.617. The number of fused-ring (bicyclic) bond motifs is 3. The number of ether oxygens (including phenoxy) is 1. The third kappa shape index (κ3) is 1.25. The fourth-order valence-electron chi connectivity index (χ4n) is 2.62. The van der Waals surface area contributed by atoms with Crippen molar-refractivity contribution in [2.75, 3.05) is 20.3 Å². The minimum atomic E-state index is -0.314. The molecule has 80 valence electrons. The second-order valence-electron chi connectivity index (χ2n) is 4.56. The first kappa shape index (κ1) is 9.93. The van der Waals surface area contributed by atoms with Crippen LogP contribution in [0.4, 0.5) is 0 Å². The van der Waals surface area contributed by atoms with Gasteiger partial charge in [-0.05, 0) is 25.7 Å². The van der Waals surface area contributed by atoms with Gasteiger partial charge in [-0.1, -0.05) is 0 Å². The minimum absolute atomic E-state index is 0.101. The molecule has 0 radical (unpaired) electrons. The topological polar surface area (TPSA) is 58.6 Å². The summed E-state index contributed by atoms with van der Waals surface area (Å²) in [6, 6.07) is 0. The Morgan fingerprint density at radius 2 is 2.07 bits per heavy atom. The maximum Gasteiger partial charge on any atom is 0.313 e. The molecule has 2 bridgehead atoms. The summed E-state index contributed by atoms with van der Waals surface area (Å²) in [6.45, 7) is 0.824. The lowest BCUT2D eigenvalue weighted by Crippen LogP contribution is -2.64. The number of nitrogens with one attached hydrogen (secondary N) is 1. The Labute approximate surface area is 83.6 Å². The largest absolute Gasteiger partial charge is 0.469 e. The average Bonchev–Trinajstić information content (AvgIpc) is 2.30. The molecule has 3 aliphatic rings. The second kappa shape index (κ2) is 3.21. The molecule has 0 unspecified atom stereocenters. The van der Waals surface area contributed by atoms with E-state index < -0.39 is 0 Å². The van der Waals surface area contributed by atoms with Crippen molar-refractivity contribution in [2.24, 2.45) is 5.41 Å². The van der Waals surface area contributed by atoms with Crippen molar-refractivity contribution in [3.63, 3.8) is 0 Å². The molecule has 1 aliphatic carbocycles. The molecule has 4 nitrogen and oxygen atoms in total. The highest BCUT2D eigenvalue weighted by molar-refractivity contribution is 5.77. The Morgan fingerprint density at radius 3 is 2.43 bits per heavy atom. The highest BCUT2D eigenvalue weighted by atomic mass is 16.5. The van der Waals surface area contributed by atoms with E-state index >= 15 is 0 Å². The molecule has 14 heavy (non-hydrogen) atoms. The van der Waals surface area contributed by atoms with Gasteiger partial charge in [0.2, 0.25) is 0 Å². The third-order valence-corrected chi connectivity index (χ3v) is 3.89. The van der Waals surface area contributed by atoms with Crippen LogP contribution >= 0.6 is 0 Å². The third-order valence-electron chi connectivity index (χ3n) is 3.89. The highest BCUT2D eigenvalue weighted by Gasteiger charge is 2.52. The summed E-state index contributed by atoms with van der Waals surface area (Å²) in [6.07, 6.45) is 3.43. The van der Waals surface area contributed by atoms with Crippen molar-refractivity contribution < 1.29 is 14.6 Å². The van der Waals surface area contributed by atoms with E-state index in [2.05, 4.69) is 5.32 Å². The highest BCUT2D eigenvalue weighted by Crippen LogP contribution is 2.45. The Hall–Kier alpha value is -0.610. The first-order valence-electron chi connectivity index (χ1n) is 5.11. The van der Waals surface area contributed by atoms with Crippen LogP contribution in [0.2, 0.25) is 0 Å². The van der Waals surface area contributed by atoms with Crippen LogP contribution in [-0.4, -0.2) is 36.9 Å². The van der Waals surface area contributed by atoms with E-state index in [0.29, 0.717) is 6.54 Å². The summed E-state index contributed by atoms with van der Waals surface area (Å²) in [5, 5.41) is 12.6. The number of aliphatic hydroxyl groups is 1. The number of hydrogen-bond acceptors (Lipinski definition) is 4. The van der Waals surface area contributed by atoms with Crippen LogP contribution in [0.3, 0.4) is 0 Å². The number of hydrogen-bond donors (Lipinski definition) is 2. The molecule has 2 aliphatic heterocycles. The number of piperidine rings is 2. The summed E-state index contributed by atoms with van der Waals surface area (Å²) in [5.74, 6) is -0.101. The van der Waals surface area contributed by atoms with Gasteiger partial charge in [0, 0.05) is 12.1 Å². The Balaban J connectivity index is 2.12. The normalized spacial score (nSPS) is 41.0. The van der Waals surface area contributed by atoms with E-state index in [1.54, 1.807) is 0 Å². The fraction of sp³-hybridized carbons (Fsp3) is 0.900. The van der Waals surface area contributed by atoms with E-state index in [9.17, 15) is 9.90 Å². The lowest BCUT2D eigenvalue weighted by Gasteiger charge is -2.51. The van der Waals surface area contributed by atoms with Crippen LogP contribution in [0, 0.1) is 5.41 Å². The number of rotatable bonds is 2. The molecule has 2 N–H and O–H groups in total. The molecule has 3 rings (SSSR count). The number of carbonyl (C=O) groups is 1. The van der Waals surface area contributed by atoms with Crippen LogP contribution in [-0.2, 0) is 9.53 Å². The maximum absolute atomic E-state index is 11.6. The van der Waals surface area contributed by atoms with Gasteiger partial charge >= 0.3 is 5.97 Å². The molecule has 0 aromatic rings. The van der Waals surface area contributed by atoms with E-state index in [1.165, 1.54) is 7.11 Å². The van der Waals surface area contributed by atoms with E-state index in [1.807, 2.05) is 0 Å². The summed E-state index contributed by atoms with van der Waals surface area (Å²) in [7, 11) is 1.44. The zero-order chi connectivity index (χ0) is 10.2. The lowest BCUT2D eigenvalue weighted by molar-refractivity contribution is -0.160. The van der Waals surface area contributed by atoms with Crippen molar-refractivity contribution in [1.29, 1.82) is 0 Å². The SMILES string of the molecule is COC(=O)C12CCC(CO)(CC1)NC2. The van der Waals surface area contributed by atoms with Crippen molar-refractivity contribution in [3.05, 3.63) is 0 Å². The Morgan fingerprint density at radius 1 is 1.43 bits per heavy atom. The Kier molecular flexibility index (Phi) is 2.27. The Bertz CT molecular complexity index is 227. The summed E-state index contributed by atoms with van der Waals surface area (Å²) in [4.78, 5) is 11.6. The van der Waals surface area contributed by atoms with Gasteiger partial charge < -0.3 is 15.2 Å². The lowest BCUT2D eigenvalue weighted by atomic mass is 9.63. The maximum atomic E-state index is 11.6. The zero-order valence-corrected chi connectivity index (χ0v) is 8.51. The number of esters is 1. The van der Waals surface area contributed by atoms with Crippen LogP contribution in [0.25, 0.3) is 0 Å².